The number of hydrogen-bond donors (Lipinski definition) is 1. The Labute approximate surface area is 140 Å². The van der Waals surface area contributed by atoms with Crippen LogP contribution in [-0.4, -0.2) is 60.8 Å². The number of amides is 1. The van der Waals surface area contributed by atoms with Gasteiger partial charge >= 0.3 is 12.2 Å². The van der Waals surface area contributed by atoms with E-state index >= 15 is 0 Å². The summed E-state index contributed by atoms with van der Waals surface area (Å²) in [5.74, 6) is -1.67. The second-order valence-electron chi connectivity index (χ2n) is 5.49. The molecule has 1 amide bonds. The molecule has 9 nitrogen and oxygen atoms in total. The fraction of sp³-hybridized carbons (Fsp3) is 0.733. The fourth-order valence-corrected chi connectivity index (χ4v) is 1.89. The number of rotatable bonds is 11. The molecule has 1 saturated carbocycles. The Morgan fingerprint density at radius 1 is 1.38 bits per heavy atom. The maximum Gasteiger partial charge on any atom is 0.330 e. The van der Waals surface area contributed by atoms with E-state index in [0.29, 0.717) is 0 Å². The van der Waals surface area contributed by atoms with Crippen LogP contribution in [-0.2, 0) is 28.6 Å². The van der Waals surface area contributed by atoms with Crippen molar-refractivity contribution in [1.29, 1.82) is 0 Å². The Morgan fingerprint density at radius 3 is 2.62 bits per heavy atom. The summed E-state index contributed by atoms with van der Waals surface area (Å²) in [5, 5.41) is 2.48. The molecule has 0 aliphatic heterocycles. The Balaban J connectivity index is 2.52. The predicted octanol–water partition coefficient (Wildman–Crippen LogP) is 0.226. The molecule has 0 bridgehead atoms. The molecule has 134 valence electrons. The van der Waals surface area contributed by atoms with Gasteiger partial charge in [0.05, 0.1) is 6.10 Å². The van der Waals surface area contributed by atoms with Gasteiger partial charge in [0.25, 0.3) is 0 Å². The first-order chi connectivity index (χ1) is 11.5. The van der Waals surface area contributed by atoms with Gasteiger partial charge in [-0.25, -0.2) is 4.79 Å². The molecule has 0 saturated heterocycles. The third kappa shape index (κ3) is 6.99. The van der Waals surface area contributed by atoms with Crippen molar-refractivity contribution in [3.63, 3.8) is 0 Å². The van der Waals surface area contributed by atoms with Crippen LogP contribution >= 0.6 is 0 Å². The number of nitrogens with one attached hydrogen (secondary N) is 1. The normalized spacial score (nSPS) is 16.2. The summed E-state index contributed by atoms with van der Waals surface area (Å²) in [4.78, 5) is 38.0. The van der Waals surface area contributed by atoms with Gasteiger partial charge in [-0.15, -0.1) is 0 Å². The molecule has 0 aromatic carbocycles. The zero-order valence-corrected chi connectivity index (χ0v) is 13.9. The molecular weight excluding hydrogens is 318 g/mol. The summed E-state index contributed by atoms with van der Waals surface area (Å²) in [6, 6.07) is -1.02. The summed E-state index contributed by atoms with van der Waals surface area (Å²) in [5.41, 5.74) is 8.31. The van der Waals surface area contributed by atoms with Crippen molar-refractivity contribution in [2.45, 2.75) is 57.3 Å². The van der Waals surface area contributed by atoms with Crippen LogP contribution in [0, 0.1) is 0 Å². The lowest BCUT2D eigenvalue weighted by atomic mass is 9.96. The van der Waals surface area contributed by atoms with Crippen molar-refractivity contribution in [1.82, 2.24) is 5.32 Å². The van der Waals surface area contributed by atoms with Crippen molar-refractivity contribution in [2.24, 2.45) is 0 Å². The Bertz CT molecular complexity index is 499. The molecule has 1 rings (SSSR count). The SMILES string of the molecule is CO[C@@H](C)C(=O)N[C@@H](CCC(=O)C=[N+]=[N-])C(=O)OCOC1CCC1. The fourth-order valence-electron chi connectivity index (χ4n) is 1.89. The largest absolute Gasteiger partial charge is 0.437 e. The van der Waals surface area contributed by atoms with Crippen molar-refractivity contribution >= 4 is 23.9 Å². The quantitative estimate of drug-likeness (QED) is 0.188. The van der Waals surface area contributed by atoms with E-state index in [1.807, 2.05) is 0 Å². The van der Waals surface area contributed by atoms with Crippen LogP contribution in [0.5, 0.6) is 0 Å². The molecule has 2 atom stereocenters. The first kappa shape index (κ1) is 20.0. The monoisotopic (exact) mass is 341 g/mol. The average Bonchev–Trinajstić information content (AvgIpc) is 2.52. The van der Waals surface area contributed by atoms with E-state index < -0.39 is 29.8 Å². The highest BCUT2D eigenvalue weighted by Gasteiger charge is 2.26. The standard InChI is InChI=1S/C15H23N3O6/c1-10(22-2)14(20)18-13(7-6-11(19)8-17-16)15(21)24-9-23-12-4-3-5-12/h8,10,12-13H,3-7,9H2,1-2H3,(H,18,20)/t10-,13-/m0/s1. The molecule has 1 fully saturated rings. The number of ketones is 1. The highest BCUT2D eigenvalue weighted by atomic mass is 16.7. The Hall–Kier alpha value is -2.09. The smallest absolute Gasteiger partial charge is 0.330 e. The molecule has 1 aliphatic carbocycles. The molecule has 24 heavy (non-hydrogen) atoms. The van der Waals surface area contributed by atoms with Gasteiger partial charge in [-0.1, -0.05) is 0 Å². The van der Waals surface area contributed by atoms with E-state index in [0.717, 1.165) is 25.5 Å². The van der Waals surface area contributed by atoms with Crippen LogP contribution in [0.2, 0.25) is 0 Å². The van der Waals surface area contributed by atoms with Crippen LogP contribution < -0.4 is 5.32 Å². The van der Waals surface area contributed by atoms with Gasteiger partial charge in [-0.3, -0.25) is 9.59 Å². The zero-order chi connectivity index (χ0) is 17.9. The zero-order valence-electron chi connectivity index (χ0n) is 13.9. The molecule has 1 N–H and O–H groups in total. The van der Waals surface area contributed by atoms with Crippen LogP contribution in [0.25, 0.3) is 5.53 Å². The molecule has 0 aromatic rings. The lowest BCUT2D eigenvalue weighted by Crippen LogP contribution is -2.46. The number of esters is 1. The van der Waals surface area contributed by atoms with Gasteiger partial charge in [-0.05, 0) is 32.6 Å². The Morgan fingerprint density at radius 2 is 2.08 bits per heavy atom. The number of methoxy groups -OCH3 is 1. The average molecular weight is 341 g/mol. The number of hydrogen-bond acceptors (Lipinski definition) is 6. The van der Waals surface area contributed by atoms with Crippen LogP contribution in [0.15, 0.2) is 0 Å². The number of carbonyl (C=O) groups excluding carboxylic acids is 3. The first-order valence-corrected chi connectivity index (χ1v) is 7.79. The van der Waals surface area contributed by atoms with E-state index in [1.54, 1.807) is 0 Å². The molecule has 1 aliphatic rings. The van der Waals surface area contributed by atoms with Crippen molar-refractivity contribution < 1.29 is 33.4 Å². The van der Waals surface area contributed by atoms with Crippen LogP contribution in [0.3, 0.4) is 0 Å². The minimum Gasteiger partial charge on any atom is -0.437 e. The van der Waals surface area contributed by atoms with E-state index in [1.165, 1.54) is 14.0 Å². The second kappa shape index (κ2) is 10.6. The van der Waals surface area contributed by atoms with Crippen molar-refractivity contribution in [3.05, 3.63) is 5.53 Å². The van der Waals surface area contributed by atoms with Crippen LogP contribution in [0.4, 0.5) is 0 Å². The van der Waals surface area contributed by atoms with E-state index in [9.17, 15) is 14.4 Å². The Kier molecular flexibility index (Phi) is 8.85. The molecule has 0 unspecified atom stereocenters. The minimum atomic E-state index is -1.02. The molecule has 0 spiro atoms. The number of carbonyl (C=O) groups is 3. The van der Waals surface area contributed by atoms with E-state index in [2.05, 4.69) is 10.1 Å². The van der Waals surface area contributed by atoms with Gasteiger partial charge in [-0.2, -0.15) is 4.79 Å². The number of nitrogens with zero attached hydrogens (tertiary/aromatic N) is 2. The van der Waals surface area contributed by atoms with Gasteiger partial charge in [0, 0.05) is 13.5 Å². The minimum absolute atomic E-state index is 0.00922. The maximum absolute atomic E-state index is 12.1. The van der Waals surface area contributed by atoms with E-state index in [4.69, 9.17) is 19.7 Å². The summed E-state index contributed by atoms with van der Waals surface area (Å²) in [7, 11) is 1.37. The predicted molar refractivity (Wildman–Crippen MR) is 82.0 cm³/mol. The molecule has 9 heteroatoms. The van der Waals surface area contributed by atoms with Gasteiger partial charge in [0.15, 0.2) is 6.79 Å². The summed E-state index contributed by atoms with van der Waals surface area (Å²) in [6.07, 6.45) is 3.01. The summed E-state index contributed by atoms with van der Waals surface area (Å²) >= 11 is 0. The maximum atomic E-state index is 12.1. The summed E-state index contributed by atoms with van der Waals surface area (Å²) < 4.78 is 15.2. The molecular formula is C15H23N3O6. The molecule has 0 radical (unpaired) electrons. The second-order valence-corrected chi connectivity index (χ2v) is 5.49. The van der Waals surface area contributed by atoms with Crippen molar-refractivity contribution in [3.8, 4) is 0 Å². The lowest BCUT2D eigenvalue weighted by Gasteiger charge is -2.25. The van der Waals surface area contributed by atoms with E-state index in [-0.39, 0.29) is 25.7 Å². The van der Waals surface area contributed by atoms with Gasteiger partial charge in [0.2, 0.25) is 11.7 Å². The third-order valence-corrected chi connectivity index (χ3v) is 3.76. The highest BCUT2D eigenvalue weighted by molar-refractivity contribution is 6.25. The molecule has 0 heterocycles. The van der Waals surface area contributed by atoms with Gasteiger partial charge in [0.1, 0.15) is 12.1 Å². The highest BCUT2D eigenvalue weighted by Crippen LogP contribution is 2.21. The lowest BCUT2D eigenvalue weighted by molar-refractivity contribution is -0.168. The number of Topliss-reactive ketones (excluding diaryl/α,β-unsaturated/α-hetero) is 1. The summed E-state index contributed by atoms with van der Waals surface area (Å²) in [6.45, 7) is 1.34. The van der Waals surface area contributed by atoms with Crippen LogP contribution in [0.1, 0.15) is 39.0 Å². The number of ether oxygens (including phenoxy) is 3. The topological polar surface area (TPSA) is 127 Å². The third-order valence-electron chi connectivity index (χ3n) is 3.76. The van der Waals surface area contributed by atoms with Crippen molar-refractivity contribution in [2.75, 3.05) is 13.9 Å². The first-order valence-electron chi connectivity index (χ1n) is 7.79. The molecule has 0 aromatic heterocycles. The van der Waals surface area contributed by atoms with Gasteiger partial charge < -0.3 is 25.1 Å².